The molecule has 0 aliphatic heterocycles. The molecule has 25 heavy (non-hydrogen) atoms. The summed E-state index contributed by atoms with van der Waals surface area (Å²) >= 11 is 0. The van der Waals surface area contributed by atoms with Crippen LogP contribution in [0, 0.1) is 0 Å². The zero-order valence-electron chi connectivity index (χ0n) is 17.3. The standard InChI is InChI=1S/C23H43N2/c1-4-5-6-7-8-9-10-11-12-13-14-16-19-23(24(2)3)22-25-20-17-15-18-21-25/h15,17-18,20-21,23H,4-14,16,19,22H2,1-3H3/q+1. The van der Waals surface area contributed by atoms with E-state index in [-0.39, 0.29) is 0 Å². The van der Waals surface area contributed by atoms with Crippen LogP contribution in [0.25, 0.3) is 0 Å². The van der Waals surface area contributed by atoms with Gasteiger partial charge in [0.15, 0.2) is 18.9 Å². The van der Waals surface area contributed by atoms with E-state index in [4.69, 9.17) is 0 Å². The van der Waals surface area contributed by atoms with Crippen LogP contribution in [0.1, 0.15) is 90.4 Å². The summed E-state index contributed by atoms with van der Waals surface area (Å²) in [7, 11) is 4.43. The van der Waals surface area contributed by atoms with Crippen molar-refractivity contribution < 1.29 is 4.57 Å². The van der Waals surface area contributed by atoms with Gasteiger partial charge in [0.05, 0.1) is 6.04 Å². The highest BCUT2D eigenvalue weighted by molar-refractivity contribution is 4.83. The molecule has 0 bridgehead atoms. The normalized spacial score (nSPS) is 12.6. The lowest BCUT2D eigenvalue weighted by Crippen LogP contribution is -2.44. The van der Waals surface area contributed by atoms with Gasteiger partial charge in [0, 0.05) is 12.1 Å². The van der Waals surface area contributed by atoms with Crippen LogP contribution in [-0.4, -0.2) is 25.0 Å². The van der Waals surface area contributed by atoms with E-state index in [1.165, 1.54) is 83.5 Å². The Morgan fingerprint density at radius 3 is 1.64 bits per heavy atom. The quantitative estimate of drug-likeness (QED) is 0.263. The molecular formula is C23H43N2+. The fraction of sp³-hybridized carbons (Fsp3) is 0.783. The van der Waals surface area contributed by atoms with E-state index < -0.39 is 0 Å². The van der Waals surface area contributed by atoms with Crippen molar-refractivity contribution in [2.45, 2.75) is 103 Å². The van der Waals surface area contributed by atoms with E-state index in [9.17, 15) is 0 Å². The number of likely N-dealkylation sites (N-methyl/N-ethyl adjacent to an activating group) is 1. The van der Waals surface area contributed by atoms with Gasteiger partial charge in [-0.2, -0.15) is 0 Å². The van der Waals surface area contributed by atoms with Gasteiger partial charge in [-0.1, -0.05) is 90.0 Å². The molecule has 0 saturated heterocycles. The second kappa shape index (κ2) is 15.4. The largest absolute Gasteiger partial charge is 0.301 e. The molecule has 1 heterocycles. The number of rotatable bonds is 16. The second-order valence-electron chi connectivity index (χ2n) is 7.87. The summed E-state index contributed by atoms with van der Waals surface area (Å²) in [6, 6.07) is 6.98. The van der Waals surface area contributed by atoms with Crippen LogP contribution < -0.4 is 4.57 Å². The first-order valence-corrected chi connectivity index (χ1v) is 10.8. The fourth-order valence-electron chi connectivity index (χ4n) is 3.53. The molecule has 1 atom stereocenters. The Kier molecular flexibility index (Phi) is 13.6. The molecule has 0 radical (unpaired) electrons. The molecule has 0 fully saturated rings. The van der Waals surface area contributed by atoms with Gasteiger partial charge in [-0.15, -0.1) is 0 Å². The van der Waals surface area contributed by atoms with Gasteiger partial charge in [0.25, 0.3) is 0 Å². The highest BCUT2D eigenvalue weighted by Gasteiger charge is 2.15. The minimum atomic E-state index is 0.649. The van der Waals surface area contributed by atoms with Crippen molar-refractivity contribution in [2.24, 2.45) is 0 Å². The van der Waals surface area contributed by atoms with Gasteiger partial charge in [0.2, 0.25) is 0 Å². The van der Waals surface area contributed by atoms with Crippen LogP contribution in [0.15, 0.2) is 30.6 Å². The topological polar surface area (TPSA) is 7.12 Å². The number of aromatic nitrogens is 1. The van der Waals surface area contributed by atoms with Crippen LogP contribution in [0.4, 0.5) is 0 Å². The number of hydrogen-bond acceptors (Lipinski definition) is 1. The number of pyridine rings is 1. The maximum Gasteiger partial charge on any atom is 0.168 e. The Balaban J connectivity index is 1.98. The molecule has 0 N–H and O–H groups in total. The van der Waals surface area contributed by atoms with Crippen molar-refractivity contribution in [1.82, 2.24) is 4.90 Å². The fourth-order valence-corrected chi connectivity index (χ4v) is 3.53. The molecule has 2 nitrogen and oxygen atoms in total. The van der Waals surface area contributed by atoms with Crippen molar-refractivity contribution in [3.8, 4) is 0 Å². The zero-order valence-corrected chi connectivity index (χ0v) is 17.3. The molecule has 144 valence electrons. The lowest BCUT2D eigenvalue weighted by Gasteiger charge is -2.21. The summed E-state index contributed by atoms with van der Waals surface area (Å²) < 4.78 is 2.31. The number of hydrogen-bond donors (Lipinski definition) is 0. The minimum Gasteiger partial charge on any atom is -0.301 e. The first-order valence-electron chi connectivity index (χ1n) is 10.8. The predicted octanol–water partition coefficient (Wildman–Crippen LogP) is 6.00. The smallest absolute Gasteiger partial charge is 0.168 e. The van der Waals surface area contributed by atoms with Crippen molar-refractivity contribution in [3.63, 3.8) is 0 Å². The van der Waals surface area contributed by atoms with E-state index in [2.05, 4.69) is 61.1 Å². The molecule has 0 aliphatic rings. The van der Waals surface area contributed by atoms with Gasteiger partial charge in [-0.3, -0.25) is 0 Å². The van der Waals surface area contributed by atoms with Crippen molar-refractivity contribution in [1.29, 1.82) is 0 Å². The van der Waals surface area contributed by atoms with Crippen LogP contribution in [0.3, 0.4) is 0 Å². The lowest BCUT2D eigenvalue weighted by atomic mass is 10.0. The van der Waals surface area contributed by atoms with Crippen LogP contribution in [0.5, 0.6) is 0 Å². The maximum atomic E-state index is 2.39. The van der Waals surface area contributed by atoms with Gasteiger partial charge < -0.3 is 4.90 Å². The molecule has 1 rings (SSSR count). The first kappa shape index (κ1) is 22.2. The molecule has 1 aromatic rings. The monoisotopic (exact) mass is 347 g/mol. The summed E-state index contributed by atoms with van der Waals surface area (Å²) in [5, 5.41) is 0. The Labute approximate surface area is 157 Å². The van der Waals surface area contributed by atoms with Gasteiger partial charge in [-0.05, 0) is 20.5 Å². The summed E-state index contributed by atoms with van der Waals surface area (Å²) in [5.41, 5.74) is 0. The molecule has 0 aromatic carbocycles. The summed E-state index contributed by atoms with van der Waals surface area (Å²) in [4.78, 5) is 2.39. The molecule has 0 spiro atoms. The van der Waals surface area contributed by atoms with Crippen LogP contribution >= 0.6 is 0 Å². The second-order valence-corrected chi connectivity index (χ2v) is 7.87. The first-order chi connectivity index (χ1) is 12.2. The van der Waals surface area contributed by atoms with Gasteiger partial charge >= 0.3 is 0 Å². The van der Waals surface area contributed by atoms with Gasteiger partial charge in [0.1, 0.15) is 0 Å². The molecule has 1 unspecified atom stereocenters. The van der Waals surface area contributed by atoms with E-state index in [1.54, 1.807) is 0 Å². The lowest BCUT2D eigenvalue weighted by molar-refractivity contribution is -0.701. The zero-order chi connectivity index (χ0) is 18.2. The summed E-state index contributed by atoms with van der Waals surface area (Å²) in [6.07, 6.45) is 22.8. The average Bonchev–Trinajstić information content (AvgIpc) is 2.62. The molecule has 0 amide bonds. The molecular weight excluding hydrogens is 304 g/mol. The molecule has 0 aliphatic carbocycles. The Hall–Kier alpha value is -0.890. The molecule has 0 saturated carbocycles. The minimum absolute atomic E-state index is 0.649. The summed E-state index contributed by atoms with van der Waals surface area (Å²) in [6.45, 7) is 3.40. The SMILES string of the molecule is CCCCCCCCCCCCCCC(C[n+]1ccccc1)N(C)C. The third kappa shape index (κ3) is 12.2. The van der Waals surface area contributed by atoms with Crippen molar-refractivity contribution in [2.75, 3.05) is 14.1 Å². The van der Waals surface area contributed by atoms with E-state index >= 15 is 0 Å². The Bertz CT molecular complexity index is 388. The van der Waals surface area contributed by atoms with E-state index in [0.717, 1.165) is 6.54 Å². The van der Waals surface area contributed by atoms with Crippen molar-refractivity contribution >= 4 is 0 Å². The highest BCUT2D eigenvalue weighted by Crippen LogP contribution is 2.14. The third-order valence-corrected chi connectivity index (χ3v) is 5.32. The van der Waals surface area contributed by atoms with E-state index in [1.807, 2.05) is 0 Å². The maximum absolute atomic E-state index is 2.39. The van der Waals surface area contributed by atoms with E-state index in [0.29, 0.717) is 6.04 Å². The molecule has 2 heteroatoms. The Morgan fingerprint density at radius 1 is 0.680 bits per heavy atom. The number of nitrogens with zero attached hydrogens (tertiary/aromatic N) is 2. The van der Waals surface area contributed by atoms with Crippen LogP contribution in [0.2, 0.25) is 0 Å². The third-order valence-electron chi connectivity index (χ3n) is 5.32. The predicted molar refractivity (Wildman–Crippen MR) is 110 cm³/mol. The van der Waals surface area contributed by atoms with Gasteiger partial charge in [-0.25, -0.2) is 4.57 Å². The average molecular weight is 348 g/mol. The van der Waals surface area contributed by atoms with Crippen LogP contribution in [-0.2, 0) is 6.54 Å². The number of unbranched alkanes of at least 4 members (excludes halogenated alkanes) is 11. The summed E-state index contributed by atoms with van der Waals surface area (Å²) in [5.74, 6) is 0. The Morgan fingerprint density at radius 2 is 1.16 bits per heavy atom. The highest BCUT2D eigenvalue weighted by atomic mass is 15.1. The molecule has 1 aromatic heterocycles. The van der Waals surface area contributed by atoms with Crippen molar-refractivity contribution in [3.05, 3.63) is 30.6 Å².